The quantitative estimate of drug-likeness (QED) is 0.448. The molecule has 8 heteroatoms. The van der Waals surface area contributed by atoms with E-state index in [0.29, 0.717) is 27.9 Å². The van der Waals surface area contributed by atoms with Crippen LogP contribution in [0.25, 0.3) is 11.1 Å². The SMILES string of the molecule is CS(=O)(=O)OCc1ccc(C#CC(=O)Nc2ccccc2-c2ccc(Cl)cc2F)cc1. The Morgan fingerprint density at radius 3 is 2.45 bits per heavy atom. The van der Waals surface area contributed by atoms with Gasteiger partial charge in [-0.15, -0.1) is 0 Å². The number of carbonyl (C=O) groups is 1. The summed E-state index contributed by atoms with van der Waals surface area (Å²) >= 11 is 5.81. The van der Waals surface area contributed by atoms with Gasteiger partial charge in [0.2, 0.25) is 0 Å². The molecular weight excluding hydrogens is 441 g/mol. The van der Waals surface area contributed by atoms with Crippen molar-refractivity contribution in [1.29, 1.82) is 0 Å². The van der Waals surface area contributed by atoms with Crippen LogP contribution in [-0.4, -0.2) is 20.6 Å². The normalized spacial score (nSPS) is 10.8. The van der Waals surface area contributed by atoms with Crippen LogP contribution < -0.4 is 5.32 Å². The van der Waals surface area contributed by atoms with Crippen molar-refractivity contribution >= 4 is 33.3 Å². The molecule has 3 aromatic carbocycles. The van der Waals surface area contributed by atoms with Gasteiger partial charge in [0.1, 0.15) is 5.82 Å². The molecule has 5 nitrogen and oxygen atoms in total. The number of para-hydroxylation sites is 1. The number of rotatable bonds is 5. The largest absolute Gasteiger partial charge is 0.315 e. The number of amides is 1. The molecule has 0 saturated carbocycles. The number of anilines is 1. The fourth-order valence-corrected chi connectivity index (χ4v) is 3.19. The van der Waals surface area contributed by atoms with Gasteiger partial charge in [0.05, 0.1) is 12.9 Å². The van der Waals surface area contributed by atoms with Gasteiger partial charge in [-0.1, -0.05) is 47.9 Å². The highest BCUT2D eigenvalue weighted by Gasteiger charge is 2.11. The minimum Gasteiger partial charge on any atom is -0.315 e. The highest BCUT2D eigenvalue weighted by Crippen LogP contribution is 2.31. The standard InChI is InChI=1S/C23H17ClFNO4S/c1-31(28,29)30-15-17-8-6-16(7-9-17)10-13-23(27)26-22-5-3-2-4-20(22)19-12-11-18(24)14-21(19)25/h2-9,11-12,14H,15H2,1H3,(H,26,27). The van der Waals surface area contributed by atoms with Gasteiger partial charge in [-0.25, -0.2) is 4.39 Å². The van der Waals surface area contributed by atoms with Crippen molar-refractivity contribution in [2.45, 2.75) is 6.61 Å². The third-order valence-electron chi connectivity index (χ3n) is 4.11. The first-order valence-corrected chi connectivity index (χ1v) is 11.2. The van der Waals surface area contributed by atoms with Crippen LogP contribution in [0.2, 0.25) is 5.02 Å². The molecule has 0 bridgehead atoms. The molecule has 0 aromatic heterocycles. The first-order chi connectivity index (χ1) is 14.7. The number of hydrogen-bond donors (Lipinski definition) is 1. The number of hydrogen-bond acceptors (Lipinski definition) is 4. The molecule has 31 heavy (non-hydrogen) atoms. The maximum atomic E-state index is 14.3. The summed E-state index contributed by atoms with van der Waals surface area (Å²) < 4.78 is 41.1. The van der Waals surface area contributed by atoms with E-state index in [-0.39, 0.29) is 11.6 Å². The summed E-state index contributed by atoms with van der Waals surface area (Å²) in [6.07, 6.45) is 0.977. The zero-order chi connectivity index (χ0) is 22.4. The molecule has 3 aromatic rings. The molecule has 0 fully saturated rings. The van der Waals surface area contributed by atoms with Crippen molar-refractivity contribution in [1.82, 2.24) is 0 Å². The van der Waals surface area contributed by atoms with Gasteiger partial charge in [0.15, 0.2) is 0 Å². The topological polar surface area (TPSA) is 72.5 Å². The summed E-state index contributed by atoms with van der Waals surface area (Å²) in [6.45, 7) is -0.0783. The zero-order valence-electron chi connectivity index (χ0n) is 16.4. The lowest BCUT2D eigenvalue weighted by Gasteiger charge is -2.10. The number of carbonyl (C=O) groups excluding carboxylic acids is 1. The van der Waals surface area contributed by atoms with E-state index >= 15 is 0 Å². The number of halogens is 2. The number of benzene rings is 3. The summed E-state index contributed by atoms with van der Waals surface area (Å²) in [6, 6.07) is 17.7. The Bertz CT molecular complexity index is 1280. The second-order valence-electron chi connectivity index (χ2n) is 6.54. The van der Waals surface area contributed by atoms with E-state index in [2.05, 4.69) is 17.2 Å². The average molecular weight is 458 g/mol. The van der Waals surface area contributed by atoms with Crippen molar-refractivity contribution < 1.29 is 21.8 Å². The summed E-state index contributed by atoms with van der Waals surface area (Å²) in [5.41, 5.74) is 2.44. The fraction of sp³-hybridized carbons (Fsp3) is 0.0870. The van der Waals surface area contributed by atoms with Crippen LogP contribution in [0.15, 0.2) is 66.7 Å². The predicted octanol–water partition coefficient (Wildman–Crippen LogP) is 4.61. The maximum Gasteiger partial charge on any atom is 0.300 e. The zero-order valence-corrected chi connectivity index (χ0v) is 17.9. The van der Waals surface area contributed by atoms with E-state index in [9.17, 15) is 17.6 Å². The lowest BCUT2D eigenvalue weighted by atomic mass is 10.0. The van der Waals surface area contributed by atoms with Gasteiger partial charge in [-0.3, -0.25) is 8.98 Å². The van der Waals surface area contributed by atoms with Crippen LogP contribution in [0, 0.1) is 17.7 Å². The van der Waals surface area contributed by atoms with Gasteiger partial charge >= 0.3 is 5.91 Å². The summed E-state index contributed by atoms with van der Waals surface area (Å²) in [4.78, 5) is 12.3. The molecule has 158 valence electrons. The Balaban J connectivity index is 1.72. The van der Waals surface area contributed by atoms with Crippen molar-refractivity contribution in [3.8, 4) is 23.0 Å². The molecule has 0 spiro atoms. The molecule has 1 amide bonds. The second-order valence-corrected chi connectivity index (χ2v) is 8.62. The molecule has 0 aliphatic rings. The third-order valence-corrected chi connectivity index (χ3v) is 4.89. The molecule has 0 saturated heterocycles. The van der Waals surface area contributed by atoms with Crippen LogP contribution in [0.3, 0.4) is 0 Å². The lowest BCUT2D eigenvalue weighted by molar-refractivity contribution is -0.111. The molecule has 0 aliphatic carbocycles. The van der Waals surface area contributed by atoms with Crippen LogP contribution in [-0.2, 0) is 25.7 Å². The second kappa shape index (κ2) is 9.75. The first kappa shape index (κ1) is 22.5. The van der Waals surface area contributed by atoms with Crippen molar-refractivity contribution in [3.05, 3.63) is 88.7 Å². The van der Waals surface area contributed by atoms with E-state index in [4.69, 9.17) is 15.8 Å². The number of nitrogens with one attached hydrogen (secondary N) is 1. The van der Waals surface area contributed by atoms with Crippen molar-refractivity contribution in [3.63, 3.8) is 0 Å². The summed E-state index contributed by atoms with van der Waals surface area (Å²) in [5, 5.41) is 2.95. The molecule has 1 N–H and O–H groups in total. The Morgan fingerprint density at radius 2 is 1.77 bits per heavy atom. The first-order valence-electron chi connectivity index (χ1n) is 9.02. The summed E-state index contributed by atoms with van der Waals surface area (Å²) in [5.74, 6) is 4.15. The Morgan fingerprint density at radius 1 is 1.06 bits per heavy atom. The molecule has 3 rings (SSSR count). The van der Waals surface area contributed by atoms with Gasteiger partial charge < -0.3 is 5.32 Å². The van der Waals surface area contributed by atoms with Crippen molar-refractivity contribution in [2.24, 2.45) is 0 Å². The van der Waals surface area contributed by atoms with Gasteiger partial charge in [0, 0.05) is 33.3 Å². The molecule has 0 aliphatic heterocycles. The van der Waals surface area contributed by atoms with Crippen LogP contribution in [0.1, 0.15) is 11.1 Å². The van der Waals surface area contributed by atoms with Crippen LogP contribution in [0.5, 0.6) is 0 Å². The Labute approximate surface area is 184 Å². The van der Waals surface area contributed by atoms with E-state index in [1.807, 2.05) is 0 Å². The van der Waals surface area contributed by atoms with Crippen LogP contribution in [0.4, 0.5) is 10.1 Å². The predicted molar refractivity (Wildman–Crippen MR) is 118 cm³/mol. The Hall–Kier alpha value is -3.18. The van der Waals surface area contributed by atoms with Gasteiger partial charge in [0.25, 0.3) is 10.1 Å². The fourth-order valence-electron chi connectivity index (χ4n) is 2.68. The minimum absolute atomic E-state index is 0.0783. The minimum atomic E-state index is -3.52. The third kappa shape index (κ3) is 6.66. The molecule has 0 unspecified atom stereocenters. The van der Waals surface area contributed by atoms with Crippen LogP contribution >= 0.6 is 11.6 Å². The molecule has 0 heterocycles. The smallest absolute Gasteiger partial charge is 0.300 e. The molecule has 0 atom stereocenters. The maximum absolute atomic E-state index is 14.3. The molecular formula is C23H17ClFNO4S. The average Bonchev–Trinajstić information content (AvgIpc) is 2.72. The van der Waals surface area contributed by atoms with E-state index in [1.165, 1.54) is 6.07 Å². The van der Waals surface area contributed by atoms with Gasteiger partial charge in [-0.05, 0) is 42.0 Å². The molecule has 0 radical (unpaired) electrons. The highest BCUT2D eigenvalue weighted by molar-refractivity contribution is 7.85. The van der Waals surface area contributed by atoms with E-state index in [1.54, 1.807) is 60.7 Å². The van der Waals surface area contributed by atoms with E-state index < -0.39 is 21.8 Å². The Kier molecular flexibility index (Phi) is 7.08. The monoisotopic (exact) mass is 457 g/mol. The van der Waals surface area contributed by atoms with Gasteiger partial charge in [-0.2, -0.15) is 8.42 Å². The lowest BCUT2D eigenvalue weighted by Crippen LogP contribution is -2.09. The highest BCUT2D eigenvalue weighted by atomic mass is 35.5. The van der Waals surface area contributed by atoms with E-state index in [0.717, 1.165) is 6.26 Å². The summed E-state index contributed by atoms with van der Waals surface area (Å²) in [7, 11) is -3.52. The van der Waals surface area contributed by atoms with Crippen molar-refractivity contribution in [2.75, 3.05) is 11.6 Å².